The van der Waals surface area contributed by atoms with Crippen LogP contribution in [0.4, 0.5) is 31.0 Å². The summed E-state index contributed by atoms with van der Waals surface area (Å²) >= 11 is 0. The molecule has 1 fully saturated rings. The predicted octanol–water partition coefficient (Wildman–Crippen LogP) is 4.01. The van der Waals surface area contributed by atoms with E-state index >= 15 is 0 Å². The van der Waals surface area contributed by atoms with Crippen LogP contribution in [0.25, 0.3) is 0 Å². The first-order valence-corrected chi connectivity index (χ1v) is 10.6. The van der Waals surface area contributed by atoms with E-state index in [1.54, 1.807) is 4.90 Å². The Hall–Kier alpha value is -3.17. The van der Waals surface area contributed by atoms with Gasteiger partial charge in [-0.1, -0.05) is 6.07 Å². The van der Waals surface area contributed by atoms with E-state index in [0.717, 1.165) is 25.0 Å². The van der Waals surface area contributed by atoms with Crippen molar-refractivity contribution in [3.63, 3.8) is 0 Å². The summed E-state index contributed by atoms with van der Waals surface area (Å²) < 4.78 is 31.9. The van der Waals surface area contributed by atoms with Crippen molar-refractivity contribution in [3.05, 3.63) is 41.6 Å². The van der Waals surface area contributed by atoms with Crippen LogP contribution in [-0.2, 0) is 11.3 Å². The highest BCUT2D eigenvalue weighted by molar-refractivity contribution is 5.68. The largest absolute Gasteiger partial charge is 0.444 e. The Morgan fingerprint density at radius 3 is 2.78 bits per heavy atom. The Morgan fingerprint density at radius 1 is 1.28 bits per heavy atom. The number of hydrogen-bond acceptors (Lipinski definition) is 7. The number of amides is 1. The molecule has 1 aromatic heterocycles. The van der Waals surface area contributed by atoms with Gasteiger partial charge in [0.05, 0.1) is 11.9 Å². The minimum absolute atomic E-state index is 0.226. The summed E-state index contributed by atoms with van der Waals surface area (Å²) in [6.45, 7) is 7.64. The molecule has 174 valence electrons. The Balaban J connectivity index is 1.55. The molecular formula is C22H30F2N6O2. The number of piperidine rings is 1. The average molecular weight is 449 g/mol. The van der Waals surface area contributed by atoms with Crippen molar-refractivity contribution in [1.29, 1.82) is 0 Å². The van der Waals surface area contributed by atoms with Crippen molar-refractivity contribution in [2.75, 3.05) is 36.0 Å². The van der Waals surface area contributed by atoms with Gasteiger partial charge in [-0.2, -0.15) is 4.98 Å². The summed E-state index contributed by atoms with van der Waals surface area (Å²) in [6, 6.07) is 3.69. The maximum absolute atomic E-state index is 13.4. The number of benzene rings is 1. The van der Waals surface area contributed by atoms with Crippen molar-refractivity contribution in [1.82, 2.24) is 14.9 Å². The van der Waals surface area contributed by atoms with Crippen molar-refractivity contribution >= 4 is 23.5 Å². The van der Waals surface area contributed by atoms with E-state index < -0.39 is 17.2 Å². The number of nitrogen functional groups attached to an aromatic ring is 1. The lowest BCUT2D eigenvalue weighted by Gasteiger charge is -2.34. The minimum Gasteiger partial charge on any atom is -0.444 e. The molecule has 10 heteroatoms. The van der Waals surface area contributed by atoms with Crippen molar-refractivity contribution in [3.8, 4) is 0 Å². The summed E-state index contributed by atoms with van der Waals surface area (Å²) in [5.74, 6) is -0.786. The minimum atomic E-state index is -0.905. The van der Waals surface area contributed by atoms with Crippen molar-refractivity contribution < 1.29 is 18.3 Å². The van der Waals surface area contributed by atoms with Crippen LogP contribution in [0.1, 0.15) is 39.2 Å². The molecule has 1 unspecified atom stereocenters. The van der Waals surface area contributed by atoms with Crippen molar-refractivity contribution in [2.45, 2.75) is 45.8 Å². The molecule has 1 aliphatic rings. The van der Waals surface area contributed by atoms with Crippen LogP contribution >= 0.6 is 0 Å². The summed E-state index contributed by atoms with van der Waals surface area (Å²) in [6.07, 6.45) is 3.05. The van der Waals surface area contributed by atoms with Gasteiger partial charge in [-0.3, -0.25) is 0 Å². The molecule has 0 spiro atoms. The van der Waals surface area contributed by atoms with E-state index in [-0.39, 0.29) is 18.6 Å². The fourth-order valence-corrected chi connectivity index (χ4v) is 3.41. The molecule has 1 amide bonds. The third-order valence-corrected chi connectivity index (χ3v) is 4.98. The standard InChI is InChI=1S/C22H30F2N6O2/c1-22(2,3)32-21(31)30-8-4-5-15(13-30)11-26-19-18(25)12-28-20(29-19)27-10-14-6-7-16(23)17(24)9-14/h6-7,9,12,15H,4-5,8,10-11,13,25H2,1-3H3,(H2,26,27,28,29). The van der Waals surface area contributed by atoms with E-state index in [2.05, 4.69) is 20.6 Å². The summed E-state index contributed by atoms with van der Waals surface area (Å²) in [7, 11) is 0. The van der Waals surface area contributed by atoms with E-state index in [1.807, 2.05) is 20.8 Å². The van der Waals surface area contributed by atoms with E-state index in [4.69, 9.17) is 10.5 Å². The predicted molar refractivity (Wildman–Crippen MR) is 119 cm³/mol. The number of carbonyl (C=O) groups excluding carboxylic acids is 1. The molecular weight excluding hydrogens is 418 g/mol. The molecule has 0 saturated carbocycles. The third-order valence-electron chi connectivity index (χ3n) is 4.98. The lowest BCUT2D eigenvalue weighted by Crippen LogP contribution is -2.44. The highest BCUT2D eigenvalue weighted by Crippen LogP contribution is 2.22. The maximum atomic E-state index is 13.4. The first kappa shape index (κ1) is 23.5. The zero-order chi connectivity index (χ0) is 23.3. The molecule has 4 N–H and O–H groups in total. The number of rotatable bonds is 6. The quantitative estimate of drug-likeness (QED) is 0.613. The molecule has 1 saturated heterocycles. The highest BCUT2D eigenvalue weighted by Gasteiger charge is 2.27. The number of nitrogens with zero attached hydrogens (tertiary/aromatic N) is 3. The Morgan fingerprint density at radius 2 is 2.06 bits per heavy atom. The fourth-order valence-electron chi connectivity index (χ4n) is 3.41. The summed E-state index contributed by atoms with van der Waals surface area (Å²) in [4.78, 5) is 22.6. The molecule has 3 rings (SSSR count). The molecule has 0 radical (unpaired) electrons. The third kappa shape index (κ3) is 6.66. The SMILES string of the molecule is CC(C)(C)OC(=O)N1CCCC(CNc2nc(NCc3ccc(F)c(F)c3)ncc2N)C1. The molecule has 1 aromatic carbocycles. The van der Waals surface area contributed by atoms with Gasteiger partial charge in [-0.05, 0) is 57.2 Å². The maximum Gasteiger partial charge on any atom is 0.410 e. The van der Waals surface area contributed by atoms with Crippen LogP contribution in [0, 0.1) is 17.6 Å². The van der Waals surface area contributed by atoms with E-state index in [9.17, 15) is 13.6 Å². The van der Waals surface area contributed by atoms with Gasteiger partial charge >= 0.3 is 6.09 Å². The summed E-state index contributed by atoms with van der Waals surface area (Å²) in [5, 5.41) is 6.22. The van der Waals surface area contributed by atoms with E-state index in [1.165, 1.54) is 12.3 Å². The monoisotopic (exact) mass is 448 g/mol. The van der Waals surface area contributed by atoms with Gasteiger partial charge in [0.1, 0.15) is 5.60 Å². The van der Waals surface area contributed by atoms with Gasteiger partial charge in [0.15, 0.2) is 17.5 Å². The summed E-state index contributed by atoms with van der Waals surface area (Å²) in [5.41, 5.74) is 6.43. The van der Waals surface area contributed by atoms with Crippen LogP contribution in [0.3, 0.4) is 0 Å². The second-order valence-corrected chi connectivity index (χ2v) is 8.92. The fraction of sp³-hybridized carbons (Fsp3) is 0.500. The van der Waals surface area contributed by atoms with E-state index in [0.29, 0.717) is 42.7 Å². The topological polar surface area (TPSA) is 105 Å². The Kier molecular flexibility index (Phi) is 7.32. The van der Waals surface area contributed by atoms with Crippen molar-refractivity contribution in [2.24, 2.45) is 5.92 Å². The van der Waals surface area contributed by atoms with Crippen LogP contribution in [0.5, 0.6) is 0 Å². The van der Waals surface area contributed by atoms with Gasteiger partial charge in [0.25, 0.3) is 0 Å². The number of likely N-dealkylation sites (tertiary alicyclic amines) is 1. The van der Waals surface area contributed by atoms with Crippen LogP contribution in [-0.4, -0.2) is 46.2 Å². The molecule has 1 aliphatic heterocycles. The molecule has 1 atom stereocenters. The second-order valence-electron chi connectivity index (χ2n) is 8.92. The Labute approximate surface area is 186 Å². The molecule has 2 heterocycles. The van der Waals surface area contributed by atoms with Gasteiger partial charge < -0.3 is 26.0 Å². The zero-order valence-electron chi connectivity index (χ0n) is 18.6. The highest BCUT2D eigenvalue weighted by atomic mass is 19.2. The molecule has 32 heavy (non-hydrogen) atoms. The lowest BCUT2D eigenvalue weighted by atomic mass is 9.98. The van der Waals surface area contributed by atoms with Gasteiger partial charge in [0.2, 0.25) is 5.95 Å². The first-order chi connectivity index (χ1) is 15.1. The smallest absolute Gasteiger partial charge is 0.410 e. The molecule has 2 aromatic rings. The molecule has 0 bridgehead atoms. The number of nitrogens with two attached hydrogens (primary N) is 1. The van der Waals surface area contributed by atoms with Crippen LogP contribution < -0.4 is 16.4 Å². The zero-order valence-corrected chi connectivity index (χ0v) is 18.6. The number of aromatic nitrogens is 2. The average Bonchev–Trinajstić information content (AvgIpc) is 2.73. The number of anilines is 3. The lowest BCUT2D eigenvalue weighted by molar-refractivity contribution is 0.0172. The second kappa shape index (κ2) is 9.97. The number of carbonyl (C=O) groups is 1. The van der Waals surface area contributed by atoms with Gasteiger partial charge in [0, 0.05) is 26.2 Å². The van der Waals surface area contributed by atoms with Gasteiger partial charge in [-0.25, -0.2) is 18.6 Å². The number of nitrogens with one attached hydrogen (secondary N) is 2. The number of ether oxygens (including phenoxy) is 1. The Bertz CT molecular complexity index is 951. The first-order valence-electron chi connectivity index (χ1n) is 10.6. The molecule has 8 nitrogen and oxygen atoms in total. The number of hydrogen-bond donors (Lipinski definition) is 3. The van der Waals surface area contributed by atoms with Crippen LogP contribution in [0.2, 0.25) is 0 Å². The van der Waals surface area contributed by atoms with Gasteiger partial charge in [-0.15, -0.1) is 0 Å². The number of halogens is 2. The molecule has 0 aliphatic carbocycles. The normalized spacial score (nSPS) is 16.5. The van der Waals surface area contributed by atoms with Crippen LogP contribution in [0.15, 0.2) is 24.4 Å².